The Balaban J connectivity index is 2.02. The number of rotatable bonds is 9. The van der Waals surface area contributed by atoms with E-state index >= 15 is 0 Å². The van der Waals surface area contributed by atoms with Crippen LogP contribution in [0.1, 0.15) is 69.4 Å². The first-order valence-corrected chi connectivity index (χ1v) is 12.7. The van der Waals surface area contributed by atoms with E-state index in [1.807, 2.05) is 13.0 Å². The van der Waals surface area contributed by atoms with E-state index in [1.54, 1.807) is 0 Å². The molecule has 0 fully saturated rings. The van der Waals surface area contributed by atoms with Crippen LogP contribution in [0.2, 0.25) is 0 Å². The van der Waals surface area contributed by atoms with Crippen LogP contribution in [0, 0.1) is 0 Å². The molecule has 0 amide bonds. The van der Waals surface area contributed by atoms with E-state index in [1.165, 1.54) is 5.56 Å². The zero-order valence-electron chi connectivity index (χ0n) is 23.3. The highest BCUT2D eigenvalue weighted by atomic mass is 14.9. The molecule has 0 bridgehead atoms. The molecule has 192 valence electrons. The summed E-state index contributed by atoms with van der Waals surface area (Å²) in [5, 5.41) is 6.90. The van der Waals surface area contributed by atoms with E-state index in [0.717, 1.165) is 56.0 Å². The smallest absolute Gasteiger partial charge is 0.0391 e. The molecule has 4 N–H and O–H groups in total. The van der Waals surface area contributed by atoms with Gasteiger partial charge in [0.2, 0.25) is 0 Å². The molecule has 3 rings (SSSR count). The van der Waals surface area contributed by atoms with Crippen LogP contribution in [0.3, 0.4) is 0 Å². The van der Waals surface area contributed by atoms with Gasteiger partial charge in [0.25, 0.3) is 0 Å². The van der Waals surface area contributed by atoms with Gasteiger partial charge in [0.1, 0.15) is 0 Å². The first-order chi connectivity index (χ1) is 17.3. The summed E-state index contributed by atoms with van der Waals surface area (Å²) in [6.07, 6.45) is 0. The summed E-state index contributed by atoms with van der Waals surface area (Å²) >= 11 is 0. The minimum Gasteiger partial charge on any atom is -0.399 e. The zero-order valence-corrected chi connectivity index (χ0v) is 23.3. The first-order valence-electron chi connectivity index (χ1n) is 12.7. The molecule has 3 aromatic carbocycles. The number of anilines is 1. The molecule has 37 heavy (non-hydrogen) atoms. The number of nitrogens with one attached hydrogen (secondary N) is 2. The van der Waals surface area contributed by atoms with Crippen molar-refractivity contribution in [3.63, 3.8) is 0 Å². The first kappa shape index (κ1) is 27.6. The maximum atomic E-state index is 6.10. The lowest BCUT2D eigenvalue weighted by Gasteiger charge is -2.20. The van der Waals surface area contributed by atoms with E-state index in [2.05, 4.69) is 126 Å². The molecule has 0 aliphatic heterocycles. The second-order valence-electron chi connectivity index (χ2n) is 11.0. The summed E-state index contributed by atoms with van der Waals surface area (Å²) in [4.78, 5) is 0. The molecule has 0 heterocycles. The Bertz CT molecular complexity index is 1350. The Morgan fingerprint density at radius 2 is 1.24 bits per heavy atom. The molecule has 3 heteroatoms. The Morgan fingerprint density at radius 3 is 1.70 bits per heavy atom. The maximum absolute atomic E-state index is 6.10. The van der Waals surface area contributed by atoms with Crippen LogP contribution in [-0.4, -0.2) is 6.04 Å². The molecule has 0 spiro atoms. The second kappa shape index (κ2) is 11.0. The Labute approximate surface area is 223 Å². The highest BCUT2D eigenvalue weighted by Gasteiger charge is 2.15. The molecular formula is C34H41N3. The molecule has 0 unspecified atom stereocenters. The third kappa shape index (κ3) is 6.62. The van der Waals surface area contributed by atoms with Gasteiger partial charge in [-0.1, -0.05) is 89.1 Å². The molecule has 3 aromatic rings. The second-order valence-corrected chi connectivity index (χ2v) is 11.0. The van der Waals surface area contributed by atoms with Crippen molar-refractivity contribution in [3.8, 4) is 11.1 Å². The van der Waals surface area contributed by atoms with Crippen LogP contribution in [0.4, 0.5) is 5.69 Å². The fourth-order valence-corrected chi connectivity index (χ4v) is 4.32. The number of hydrogen-bond donors (Lipinski definition) is 3. The molecule has 0 aliphatic rings. The summed E-state index contributed by atoms with van der Waals surface area (Å²) in [5.74, 6) is 0. The van der Waals surface area contributed by atoms with Crippen molar-refractivity contribution in [1.29, 1.82) is 0 Å². The van der Waals surface area contributed by atoms with Crippen LogP contribution in [0.5, 0.6) is 0 Å². The monoisotopic (exact) mass is 491 g/mol. The highest BCUT2D eigenvalue weighted by Crippen LogP contribution is 2.33. The minimum absolute atomic E-state index is 0.109. The summed E-state index contributed by atoms with van der Waals surface area (Å²) in [6, 6.07) is 21.4. The summed E-state index contributed by atoms with van der Waals surface area (Å²) in [7, 11) is 0. The summed E-state index contributed by atoms with van der Waals surface area (Å²) in [5.41, 5.74) is 17.7. The van der Waals surface area contributed by atoms with Crippen molar-refractivity contribution >= 4 is 28.4 Å². The third-order valence-corrected chi connectivity index (χ3v) is 6.34. The quantitative estimate of drug-likeness (QED) is 0.281. The van der Waals surface area contributed by atoms with Gasteiger partial charge in [0.05, 0.1) is 0 Å². The van der Waals surface area contributed by atoms with E-state index in [4.69, 9.17) is 5.73 Å². The van der Waals surface area contributed by atoms with Crippen LogP contribution in [-0.2, 0) is 5.41 Å². The summed E-state index contributed by atoms with van der Waals surface area (Å²) in [6.45, 7) is 29.6. The molecule has 0 saturated heterocycles. The summed E-state index contributed by atoms with van der Waals surface area (Å²) < 4.78 is 0. The minimum atomic E-state index is 0.109. The average molecular weight is 492 g/mol. The predicted molar refractivity (Wildman–Crippen MR) is 165 cm³/mol. The van der Waals surface area contributed by atoms with E-state index in [9.17, 15) is 0 Å². The number of nitrogens with two attached hydrogens (primary N) is 1. The molecule has 0 atom stereocenters. The van der Waals surface area contributed by atoms with Crippen molar-refractivity contribution in [2.45, 2.75) is 53.0 Å². The van der Waals surface area contributed by atoms with Gasteiger partial charge in [0.15, 0.2) is 0 Å². The molecule has 0 radical (unpaired) electrons. The Hall–Kier alpha value is -3.98. The lowest BCUT2D eigenvalue weighted by Crippen LogP contribution is -2.21. The van der Waals surface area contributed by atoms with Gasteiger partial charge in [-0.05, 0) is 72.7 Å². The average Bonchev–Trinajstić information content (AvgIpc) is 2.82. The highest BCUT2D eigenvalue weighted by molar-refractivity contribution is 5.87. The molecule has 0 aliphatic carbocycles. The number of allylic oxidation sites excluding steroid dienone is 1. The van der Waals surface area contributed by atoms with Crippen molar-refractivity contribution in [2.75, 3.05) is 5.32 Å². The van der Waals surface area contributed by atoms with Crippen LogP contribution < -0.4 is 16.4 Å². The van der Waals surface area contributed by atoms with E-state index in [0.29, 0.717) is 5.70 Å². The Kier molecular flexibility index (Phi) is 8.18. The molecule has 0 aromatic heterocycles. The number of benzene rings is 3. The van der Waals surface area contributed by atoms with Gasteiger partial charge in [-0.3, -0.25) is 0 Å². The molecular weight excluding hydrogens is 450 g/mol. The lowest BCUT2D eigenvalue weighted by atomic mass is 9.87. The van der Waals surface area contributed by atoms with Gasteiger partial charge in [-0.25, -0.2) is 0 Å². The van der Waals surface area contributed by atoms with Crippen molar-refractivity contribution in [1.82, 2.24) is 5.32 Å². The van der Waals surface area contributed by atoms with Gasteiger partial charge >= 0.3 is 0 Å². The number of hydrogen-bond acceptors (Lipinski definition) is 3. The van der Waals surface area contributed by atoms with Gasteiger partial charge in [0, 0.05) is 45.5 Å². The fourth-order valence-electron chi connectivity index (χ4n) is 4.32. The lowest BCUT2D eigenvalue weighted by molar-refractivity contribution is 0.590. The van der Waals surface area contributed by atoms with Crippen molar-refractivity contribution in [3.05, 3.63) is 115 Å². The maximum Gasteiger partial charge on any atom is 0.0391 e. The Morgan fingerprint density at radius 1 is 0.730 bits per heavy atom. The molecule has 3 nitrogen and oxygen atoms in total. The van der Waals surface area contributed by atoms with Gasteiger partial charge in [-0.2, -0.15) is 0 Å². The largest absolute Gasteiger partial charge is 0.399 e. The van der Waals surface area contributed by atoms with E-state index in [-0.39, 0.29) is 11.5 Å². The standard InChI is InChI=1S/C34H41N3/c1-21(2)30-17-11-26(27-12-18-31(23(5)35)33(20-27)24(6)36-22(3)4)19-32(30)25(7)37-29-15-13-28(14-16-29)34(8,9)10/h11-20,22,36-37H,1,5-7,35H2,2-4,8-10H3. The van der Waals surface area contributed by atoms with Crippen LogP contribution >= 0.6 is 0 Å². The fraction of sp³-hybridized carbons (Fsp3) is 0.235. The van der Waals surface area contributed by atoms with Crippen molar-refractivity contribution in [2.24, 2.45) is 5.73 Å². The van der Waals surface area contributed by atoms with Crippen LogP contribution in [0.15, 0.2) is 87.0 Å². The van der Waals surface area contributed by atoms with Crippen molar-refractivity contribution < 1.29 is 0 Å². The molecule has 0 saturated carbocycles. The topological polar surface area (TPSA) is 50.1 Å². The third-order valence-electron chi connectivity index (χ3n) is 6.34. The SMILES string of the molecule is C=C(C)c1ccc(-c2ccc(C(=C)N)c(C(=C)NC(C)C)c2)cc1C(=C)Nc1ccc(C(C)(C)C)cc1. The predicted octanol–water partition coefficient (Wildman–Crippen LogP) is 8.67. The van der Waals surface area contributed by atoms with Crippen LogP contribution in [0.25, 0.3) is 33.8 Å². The van der Waals surface area contributed by atoms with Gasteiger partial charge < -0.3 is 16.4 Å². The van der Waals surface area contributed by atoms with E-state index < -0.39 is 0 Å². The normalized spacial score (nSPS) is 11.2. The zero-order chi connectivity index (χ0) is 27.5. The van der Waals surface area contributed by atoms with Gasteiger partial charge in [-0.15, -0.1) is 0 Å².